The van der Waals surface area contributed by atoms with Crippen LogP contribution in [0.1, 0.15) is 36.8 Å². The Morgan fingerprint density at radius 1 is 1.17 bits per heavy atom. The van der Waals surface area contributed by atoms with Crippen LogP contribution in [0, 0.1) is 0 Å². The lowest BCUT2D eigenvalue weighted by Crippen LogP contribution is -2.22. The topological polar surface area (TPSA) is 87.6 Å². The summed E-state index contributed by atoms with van der Waals surface area (Å²) in [6.45, 7) is 5.83. The van der Waals surface area contributed by atoms with Crippen molar-refractivity contribution in [2.24, 2.45) is 0 Å². The highest BCUT2D eigenvalue weighted by Gasteiger charge is 2.23. The molecular formula is C16H20N2O4S. The van der Waals surface area contributed by atoms with E-state index in [4.69, 9.17) is 0 Å². The quantitative estimate of drug-likeness (QED) is 0.930. The number of hydrogen-bond acceptors (Lipinski definition) is 4. The molecule has 0 amide bonds. The molecule has 2 rings (SSSR count). The first-order valence-corrected chi connectivity index (χ1v) is 8.49. The second-order valence-electron chi connectivity index (χ2n) is 6.58. The Bertz CT molecular complexity index is 881. The van der Waals surface area contributed by atoms with Crippen molar-refractivity contribution in [1.82, 2.24) is 9.29 Å². The average molecular weight is 336 g/mol. The van der Waals surface area contributed by atoms with Crippen LogP contribution in [-0.4, -0.2) is 42.9 Å². The summed E-state index contributed by atoms with van der Waals surface area (Å²) in [6.07, 6.45) is 0. The van der Waals surface area contributed by atoms with Crippen molar-refractivity contribution in [3.05, 3.63) is 35.5 Å². The number of benzene rings is 1. The predicted octanol–water partition coefficient (Wildman–Crippen LogP) is 2.48. The zero-order valence-corrected chi connectivity index (χ0v) is 14.6. The molecule has 6 nitrogen and oxygen atoms in total. The van der Waals surface area contributed by atoms with Gasteiger partial charge < -0.3 is 5.11 Å². The maximum absolute atomic E-state index is 12.2. The van der Waals surface area contributed by atoms with Gasteiger partial charge in [0.15, 0.2) is 0 Å². The van der Waals surface area contributed by atoms with Gasteiger partial charge in [0.1, 0.15) is 0 Å². The highest BCUT2D eigenvalue weighted by molar-refractivity contribution is 7.89. The third-order valence-electron chi connectivity index (χ3n) is 3.56. The fourth-order valence-corrected chi connectivity index (χ4v) is 3.07. The van der Waals surface area contributed by atoms with E-state index in [1.54, 1.807) is 6.07 Å². The molecular weight excluding hydrogens is 316 g/mol. The molecule has 1 heterocycles. The summed E-state index contributed by atoms with van der Waals surface area (Å²) in [5.41, 5.74) is 0.848. The van der Waals surface area contributed by atoms with Crippen molar-refractivity contribution >= 4 is 26.9 Å². The summed E-state index contributed by atoms with van der Waals surface area (Å²) >= 11 is 0. The largest absolute Gasteiger partial charge is 0.478 e. The number of nitrogens with zero attached hydrogens (tertiary/aromatic N) is 2. The monoisotopic (exact) mass is 336 g/mol. The molecule has 0 radical (unpaired) electrons. The minimum absolute atomic E-state index is 0.0443. The van der Waals surface area contributed by atoms with E-state index >= 15 is 0 Å². The third-order valence-corrected chi connectivity index (χ3v) is 5.37. The Morgan fingerprint density at radius 3 is 2.26 bits per heavy atom. The molecule has 0 aliphatic heterocycles. The van der Waals surface area contributed by atoms with Crippen LogP contribution in [0.25, 0.3) is 10.9 Å². The molecule has 23 heavy (non-hydrogen) atoms. The molecule has 0 fully saturated rings. The normalized spacial score (nSPS) is 12.8. The number of aromatic nitrogens is 1. The lowest BCUT2D eigenvalue weighted by atomic mass is 9.90. The number of pyridine rings is 1. The highest BCUT2D eigenvalue weighted by Crippen LogP contribution is 2.28. The number of rotatable bonds is 3. The first kappa shape index (κ1) is 17.4. The van der Waals surface area contributed by atoms with E-state index in [1.807, 2.05) is 20.8 Å². The van der Waals surface area contributed by atoms with Crippen molar-refractivity contribution in [2.45, 2.75) is 31.1 Å². The highest BCUT2D eigenvalue weighted by atomic mass is 32.2. The van der Waals surface area contributed by atoms with Gasteiger partial charge in [0, 0.05) is 30.6 Å². The Kier molecular flexibility index (Phi) is 4.21. The van der Waals surface area contributed by atoms with E-state index < -0.39 is 16.0 Å². The fraction of sp³-hybridized carbons (Fsp3) is 0.375. The summed E-state index contributed by atoms with van der Waals surface area (Å²) in [7, 11) is -0.778. The smallest absolute Gasteiger partial charge is 0.336 e. The molecule has 0 aliphatic carbocycles. The molecule has 2 aromatic rings. The molecule has 124 valence electrons. The van der Waals surface area contributed by atoms with Gasteiger partial charge in [-0.15, -0.1) is 0 Å². The van der Waals surface area contributed by atoms with E-state index in [0.29, 0.717) is 16.6 Å². The summed E-state index contributed by atoms with van der Waals surface area (Å²) in [5.74, 6) is -1.11. The van der Waals surface area contributed by atoms with Gasteiger partial charge in [0.05, 0.1) is 16.0 Å². The van der Waals surface area contributed by atoms with Gasteiger partial charge >= 0.3 is 5.97 Å². The number of carboxylic acids is 1. The van der Waals surface area contributed by atoms with Gasteiger partial charge in [-0.1, -0.05) is 20.8 Å². The molecule has 7 heteroatoms. The second-order valence-corrected chi connectivity index (χ2v) is 8.73. The molecule has 0 aliphatic rings. The zero-order chi connectivity index (χ0) is 17.6. The number of hydrogen-bond donors (Lipinski definition) is 1. The summed E-state index contributed by atoms with van der Waals surface area (Å²) in [6, 6.07) is 5.88. The van der Waals surface area contributed by atoms with Gasteiger partial charge in [-0.05, 0) is 24.3 Å². The summed E-state index contributed by atoms with van der Waals surface area (Å²) < 4.78 is 25.6. The van der Waals surface area contributed by atoms with Crippen molar-refractivity contribution in [1.29, 1.82) is 0 Å². The number of fused-ring (bicyclic) bond motifs is 1. The Morgan fingerprint density at radius 2 is 1.78 bits per heavy atom. The Labute approximate surface area is 135 Å². The molecule has 1 aromatic heterocycles. The van der Waals surface area contributed by atoms with Crippen LogP contribution in [0.15, 0.2) is 29.2 Å². The van der Waals surface area contributed by atoms with Crippen molar-refractivity contribution < 1.29 is 18.3 Å². The van der Waals surface area contributed by atoms with Gasteiger partial charge in [-0.3, -0.25) is 4.98 Å². The van der Waals surface area contributed by atoms with E-state index in [1.165, 1.54) is 32.3 Å². The average Bonchev–Trinajstić information content (AvgIpc) is 2.44. The van der Waals surface area contributed by atoms with Crippen LogP contribution in [-0.2, 0) is 15.4 Å². The van der Waals surface area contributed by atoms with E-state index in [0.717, 1.165) is 4.31 Å². The third kappa shape index (κ3) is 3.20. The minimum atomic E-state index is -3.64. The molecule has 0 saturated carbocycles. The molecule has 0 atom stereocenters. The van der Waals surface area contributed by atoms with E-state index in [-0.39, 0.29) is 15.9 Å². The van der Waals surface area contributed by atoms with Gasteiger partial charge in [-0.2, -0.15) is 0 Å². The summed E-state index contributed by atoms with van der Waals surface area (Å²) in [4.78, 5) is 16.1. The van der Waals surface area contributed by atoms with Crippen molar-refractivity contribution in [3.63, 3.8) is 0 Å². The number of aromatic carboxylic acids is 1. The van der Waals surface area contributed by atoms with E-state index in [2.05, 4.69) is 4.98 Å². The molecule has 0 unspecified atom stereocenters. The molecule has 1 N–H and O–H groups in total. The number of carbonyl (C=O) groups is 1. The van der Waals surface area contributed by atoms with Crippen molar-refractivity contribution in [2.75, 3.05) is 14.1 Å². The first-order chi connectivity index (χ1) is 10.4. The van der Waals surface area contributed by atoms with Gasteiger partial charge in [0.25, 0.3) is 0 Å². The Hall–Kier alpha value is -1.99. The maximum atomic E-state index is 12.2. The summed E-state index contributed by atoms with van der Waals surface area (Å²) in [5, 5.41) is 9.80. The van der Waals surface area contributed by atoms with Crippen molar-refractivity contribution in [3.8, 4) is 0 Å². The van der Waals surface area contributed by atoms with Crippen LogP contribution >= 0.6 is 0 Å². The first-order valence-electron chi connectivity index (χ1n) is 7.05. The minimum Gasteiger partial charge on any atom is -0.478 e. The van der Waals surface area contributed by atoms with Crippen LogP contribution in [0.2, 0.25) is 0 Å². The zero-order valence-electron chi connectivity index (χ0n) is 13.8. The second kappa shape index (κ2) is 5.58. The molecule has 0 saturated heterocycles. The van der Waals surface area contributed by atoms with Crippen LogP contribution in [0.5, 0.6) is 0 Å². The molecule has 0 spiro atoms. The Balaban J connectivity index is 2.82. The number of sulfonamides is 1. The predicted molar refractivity (Wildman–Crippen MR) is 88.3 cm³/mol. The molecule has 0 bridgehead atoms. The lowest BCUT2D eigenvalue weighted by Gasteiger charge is -2.19. The maximum Gasteiger partial charge on any atom is 0.336 e. The van der Waals surface area contributed by atoms with Crippen LogP contribution < -0.4 is 0 Å². The standard InChI is InChI=1S/C16H20N2O4S/c1-16(2,3)14-9-12(15(19)20)11-8-10(6-7-13(11)17-14)23(21,22)18(4)5/h6-9H,1-5H3,(H,19,20). The SMILES string of the molecule is CN(C)S(=O)(=O)c1ccc2nc(C(C)(C)C)cc(C(=O)O)c2c1. The van der Waals surface area contributed by atoms with E-state index in [9.17, 15) is 18.3 Å². The fourth-order valence-electron chi connectivity index (χ4n) is 2.14. The molecule has 1 aromatic carbocycles. The van der Waals surface area contributed by atoms with Crippen LogP contribution in [0.3, 0.4) is 0 Å². The lowest BCUT2D eigenvalue weighted by molar-refractivity contribution is 0.0698. The van der Waals surface area contributed by atoms with Crippen LogP contribution in [0.4, 0.5) is 0 Å². The number of carboxylic acid groups (broad SMARTS) is 1. The van der Waals surface area contributed by atoms with Gasteiger partial charge in [-0.25, -0.2) is 17.5 Å². The van der Waals surface area contributed by atoms with Gasteiger partial charge in [0.2, 0.25) is 10.0 Å².